The van der Waals surface area contributed by atoms with Crippen LogP contribution < -0.4 is 20.3 Å². The molecule has 196 valence electrons. The summed E-state index contributed by atoms with van der Waals surface area (Å²) < 4.78 is 5.65. The van der Waals surface area contributed by atoms with Gasteiger partial charge in [-0.3, -0.25) is 4.79 Å². The zero-order valence-electron chi connectivity index (χ0n) is 22.0. The third kappa shape index (κ3) is 4.51. The molecule has 3 N–H and O–H groups in total. The molecule has 5 rings (SSSR count). The number of nitrogens with one attached hydrogen (secondary N) is 2. The van der Waals surface area contributed by atoms with E-state index in [1.54, 1.807) is 30.3 Å². The summed E-state index contributed by atoms with van der Waals surface area (Å²) in [5, 5.41) is 26.3. The summed E-state index contributed by atoms with van der Waals surface area (Å²) in [6.45, 7) is 3.46. The van der Waals surface area contributed by atoms with Crippen molar-refractivity contribution in [1.82, 2.24) is 14.9 Å². The van der Waals surface area contributed by atoms with Gasteiger partial charge in [0.05, 0.1) is 48.6 Å². The van der Waals surface area contributed by atoms with E-state index in [0.29, 0.717) is 48.3 Å². The van der Waals surface area contributed by atoms with Crippen molar-refractivity contribution in [1.29, 1.82) is 5.26 Å². The molecule has 3 heterocycles. The number of nitrogens with zero attached hydrogens (tertiary/aromatic N) is 5. The Morgan fingerprint density at radius 2 is 2.16 bits per heavy atom. The van der Waals surface area contributed by atoms with Gasteiger partial charge in [0.25, 0.3) is 0 Å². The first kappa shape index (κ1) is 25.4. The van der Waals surface area contributed by atoms with Crippen LogP contribution in [0.25, 0.3) is 11.3 Å². The van der Waals surface area contributed by atoms with Gasteiger partial charge in [0.2, 0.25) is 11.9 Å². The number of fused-ring (bicyclic) bond motifs is 2. The van der Waals surface area contributed by atoms with Crippen molar-refractivity contribution in [3.05, 3.63) is 53.2 Å². The van der Waals surface area contributed by atoms with Crippen LogP contribution in [0, 0.1) is 11.3 Å². The normalized spacial score (nSPS) is 17.6. The number of nitriles is 1. The molecule has 38 heavy (non-hydrogen) atoms. The fourth-order valence-electron chi connectivity index (χ4n) is 5.06. The maximum Gasteiger partial charge on any atom is 0.241 e. The summed E-state index contributed by atoms with van der Waals surface area (Å²) in [7, 11) is 5.34. The molecule has 2 aliphatic rings. The minimum atomic E-state index is -0.482. The second kappa shape index (κ2) is 9.93. The van der Waals surface area contributed by atoms with Gasteiger partial charge in [-0.05, 0) is 55.9 Å². The van der Waals surface area contributed by atoms with Crippen molar-refractivity contribution in [2.75, 3.05) is 63.0 Å². The highest BCUT2D eigenvalue weighted by atomic mass is 16.5. The fraction of sp³-hybridized carbons (Fsp3) is 0.357. The van der Waals surface area contributed by atoms with E-state index in [2.05, 4.69) is 21.7 Å². The monoisotopic (exact) mass is 513 g/mol. The smallest absolute Gasteiger partial charge is 0.241 e. The minimum Gasteiger partial charge on any atom is -0.494 e. The highest BCUT2D eigenvalue weighted by molar-refractivity contribution is 5.97. The number of hydrogen-bond donors (Lipinski definition) is 3. The molecule has 1 aromatic heterocycles. The van der Waals surface area contributed by atoms with Crippen molar-refractivity contribution in [2.24, 2.45) is 0 Å². The molecule has 0 saturated heterocycles. The summed E-state index contributed by atoms with van der Waals surface area (Å²) in [5.41, 5.74) is 5.72. The fourth-order valence-corrected chi connectivity index (χ4v) is 5.06. The average Bonchev–Trinajstić information content (AvgIpc) is 3.48. The molecule has 10 nitrogen and oxygen atoms in total. The number of aliphatic hydroxyl groups is 1. The zero-order chi connectivity index (χ0) is 27.0. The quantitative estimate of drug-likeness (QED) is 0.437. The lowest BCUT2D eigenvalue weighted by molar-refractivity contribution is -0.119. The van der Waals surface area contributed by atoms with E-state index in [1.807, 2.05) is 44.1 Å². The maximum atomic E-state index is 12.7. The van der Waals surface area contributed by atoms with Gasteiger partial charge in [-0.1, -0.05) is 6.92 Å². The van der Waals surface area contributed by atoms with Crippen LogP contribution in [-0.4, -0.2) is 73.3 Å². The van der Waals surface area contributed by atoms with Crippen LogP contribution >= 0.6 is 0 Å². The first-order valence-electron chi connectivity index (χ1n) is 12.5. The molecule has 0 radical (unpaired) electrons. The Morgan fingerprint density at radius 1 is 1.34 bits per heavy atom. The van der Waals surface area contributed by atoms with Gasteiger partial charge < -0.3 is 30.3 Å². The largest absolute Gasteiger partial charge is 0.494 e. The number of benzene rings is 2. The number of anilines is 4. The number of hydrogen-bond acceptors (Lipinski definition) is 9. The first-order chi connectivity index (χ1) is 18.3. The number of carbonyl (C=O) groups is 1. The van der Waals surface area contributed by atoms with E-state index in [1.165, 1.54) is 0 Å². The van der Waals surface area contributed by atoms with Crippen molar-refractivity contribution in [3.8, 4) is 23.1 Å². The van der Waals surface area contributed by atoms with Gasteiger partial charge in [-0.15, -0.1) is 0 Å². The third-order valence-corrected chi connectivity index (χ3v) is 7.16. The van der Waals surface area contributed by atoms with Gasteiger partial charge in [-0.2, -0.15) is 5.26 Å². The number of aromatic nitrogens is 2. The number of amides is 1. The molecular weight excluding hydrogens is 482 g/mol. The molecule has 0 spiro atoms. The third-order valence-electron chi connectivity index (χ3n) is 7.16. The van der Waals surface area contributed by atoms with Gasteiger partial charge in [0, 0.05) is 36.3 Å². The Bertz CT molecular complexity index is 1450. The molecule has 2 aromatic carbocycles. The maximum absolute atomic E-state index is 12.7. The van der Waals surface area contributed by atoms with Crippen LogP contribution in [0.4, 0.5) is 23.0 Å². The lowest BCUT2D eigenvalue weighted by atomic mass is 9.83. The molecule has 0 fully saturated rings. The van der Waals surface area contributed by atoms with E-state index in [-0.39, 0.29) is 12.5 Å². The summed E-state index contributed by atoms with van der Waals surface area (Å²) >= 11 is 0. The second-order valence-corrected chi connectivity index (χ2v) is 10.2. The SMILES string of the molecule is COc1cc2c(cc1Nc1nccc(-c3cc(C#N)c4c(c3)C(C)(CO)CN4)n1)CCN2C(=O)CN(C)C. The molecule has 1 atom stereocenters. The minimum absolute atomic E-state index is 0.0335. The predicted molar refractivity (Wildman–Crippen MR) is 146 cm³/mol. The Morgan fingerprint density at radius 3 is 2.87 bits per heavy atom. The highest BCUT2D eigenvalue weighted by Crippen LogP contribution is 2.41. The van der Waals surface area contributed by atoms with Gasteiger partial charge in [-0.25, -0.2) is 9.97 Å². The number of rotatable bonds is 7. The van der Waals surface area contributed by atoms with Crippen LogP contribution in [0.2, 0.25) is 0 Å². The topological polar surface area (TPSA) is 127 Å². The van der Waals surface area contributed by atoms with Crippen LogP contribution in [0.5, 0.6) is 5.75 Å². The lowest BCUT2D eigenvalue weighted by Gasteiger charge is -2.21. The van der Waals surface area contributed by atoms with Crippen molar-refractivity contribution >= 4 is 28.9 Å². The van der Waals surface area contributed by atoms with Gasteiger partial charge >= 0.3 is 0 Å². The van der Waals surface area contributed by atoms with Crippen molar-refractivity contribution in [2.45, 2.75) is 18.8 Å². The Hall–Kier alpha value is -4.20. The molecule has 3 aromatic rings. The number of carbonyl (C=O) groups excluding carboxylic acids is 1. The summed E-state index contributed by atoms with van der Waals surface area (Å²) in [6.07, 6.45) is 2.41. The molecule has 1 amide bonds. The van der Waals surface area contributed by atoms with E-state index in [4.69, 9.17) is 9.72 Å². The zero-order valence-corrected chi connectivity index (χ0v) is 22.0. The number of methoxy groups -OCH3 is 1. The van der Waals surface area contributed by atoms with Crippen molar-refractivity contribution in [3.63, 3.8) is 0 Å². The standard InChI is InChI=1S/C28H31N7O3/c1-28(16-36)15-31-26-19(13-29)9-18(10-20(26)28)21-5-7-30-27(32-21)33-22-11-17-6-8-35(25(37)14-34(2)3)23(17)12-24(22)38-4/h5,7,9-12,31,36H,6,8,14-16H2,1-4H3,(H,30,32,33). The molecule has 0 aliphatic carbocycles. The van der Waals surface area contributed by atoms with Gasteiger partial charge in [0.1, 0.15) is 11.8 Å². The van der Waals surface area contributed by atoms with E-state index < -0.39 is 5.41 Å². The summed E-state index contributed by atoms with van der Waals surface area (Å²) in [5.74, 6) is 1.00. The molecule has 0 bridgehead atoms. The Labute approximate surface area is 221 Å². The van der Waals surface area contributed by atoms with Crippen LogP contribution in [0.3, 0.4) is 0 Å². The van der Waals surface area contributed by atoms with Crippen molar-refractivity contribution < 1.29 is 14.6 Å². The molecular formula is C28H31N7O3. The van der Waals surface area contributed by atoms with Crippen LogP contribution in [-0.2, 0) is 16.6 Å². The number of likely N-dealkylation sites (N-methyl/N-ethyl adjacent to an activating group) is 1. The molecule has 10 heteroatoms. The van der Waals surface area contributed by atoms with Crippen LogP contribution in [0.15, 0.2) is 36.5 Å². The molecule has 2 aliphatic heterocycles. The van der Waals surface area contributed by atoms with E-state index >= 15 is 0 Å². The predicted octanol–water partition coefficient (Wildman–Crippen LogP) is 2.89. The lowest BCUT2D eigenvalue weighted by Crippen LogP contribution is -2.36. The van der Waals surface area contributed by atoms with E-state index in [9.17, 15) is 15.2 Å². The average molecular weight is 514 g/mol. The Kier molecular flexibility index (Phi) is 6.65. The van der Waals surface area contributed by atoms with Crippen LogP contribution in [0.1, 0.15) is 23.6 Å². The molecule has 1 unspecified atom stereocenters. The Balaban J connectivity index is 1.46. The van der Waals surface area contributed by atoms with E-state index in [0.717, 1.165) is 34.5 Å². The highest BCUT2D eigenvalue weighted by Gasteiger charge is 2.36. The second-order valence-electron chi connectivity index (χ2n) is 10.2. The summed E-state index contributed by atoms with van der Waals surface area (Å²) in [4.78, 5) is 25.5. The number of aliphatic hydroxyl groups excluding tert-OH is 1. The summed E-state index contributed by atoms with van der Waals surface area (Å²) in [6, 6.07) is 11.7. The number of ether oxygens (including phenoxy) is 1. The van der Waals surface area contributed by atoms with Gasteiger partial charge in [0.15, 0.2) is 0 Å². The molecule has 0 saturated carbocycles. The first-order valence-corrected chi connectivity index (χ1v) is 12.5.